The minimum atomic E-state index is -0.337. The predicted molar refractivity (Wildman–Crippen MR) is 139 cm³/mol. The molecule has 0 atom stereocenters. The first-order valence-corrected chi connectivity index (χ1v) is 11.3. The SMILES string of the molecule is COc1ccc(NC(=O)COc2ccc3c(c2)c2ccnc4c5ccccc5c(=O)n3c24)c(OC)c1. The van der Waals surface area contributed by atoms with E-state index in [1.807, 2.05) is 42.5 Å². The van der Waals surface area contributed by atoms with E-state index in [0.29, 0.717) is 28.3 Å². The fraction of sp³-hybridized carbons (Fsp3) is 0.107. The minimum Gasteiger partial charge on any atom is -0.497 e. The van der Waals surface area contributed by atoms with Crippen molar-refractivity contribution in [1.29, 1.82) is 0 Å². The second kappa shape index (κ2) is 8.42. The summed E-state index contributed by atoms with van der Waals surface area (Å²) in [5.74, 6) is 1.28. The molecule has 6 aromatic rings. The third kappa shape index (κ3) is 3.34. The fourth-order valence-corrected chi connectivity index (χ4v) is 4.68. The van der Waals surface area contributed by atoms with Gasteiger partial charge in [-0.05, 0) is 42.5 Å². The van der Waals surface area contributed by atoms with Gasteiger partial charge in [0.05, 0.1) is 36.5 Å². The number of nitrogens with zero attached hydrogens (tertiary/aromatic N) is 2. The Balaban J connectivity index is 1.34. The Morgan fingerprint density at radius 3 is 2.50 bits per heavy atom. The summed E-state index contributed by atoms with van der Waals surface area (Å²) >= 11 is 0. The Morgan fingerprint density at radius 1 is 0.889 bits per heavy atom. The van der Waals surface area contributed by atoms with Crippen LogP contribution in [-0.4, -0.2) is 36.1 Å². The third-order valence-corrected chi connectivity index (χ3v) is 6.32. The highest BCUT2D eigenvalue weighted by molar-refractivity contribution is 6.18. The summed E-state index contributed by atoms with van der Waals surface area (Å²) in [5, 5.41) is 5.99. The molecule has 1 N–H and O–H groups in total. The number of anilines is 1. The maximum absolute atomic E-state index is 13.4. The van der Waals surface area contributed by atoms with Crippen LogP contribution in [0.25, 0.3) is 38.1 Å². The highest BCUT2D eigenvalue weighted by atomic mass is 16.5. The maximum atomic E-state index is 13.4. The number of nitrogens with one attached hydrogen (secondary N) is 1. The number of ether oxygens (including phenoxy) is 3. The Labute approximate surface area is 205 Å². The molecule has 3 aromatic carbocycles. The highest BCUT2D eigenvalue weighted by Crippen LogP contribution is 2.34. The van der Waals surface area contributed by atoms with Crippen LogP contribution < -0.4 is 25.1 Å². The molecule has 0 spiro atoms. The van der Waals surface area contributed by atoms with E-state index in [4.69, 9.17) is 14.2 Å². The van der Waals surface area contributed by atoms with Gasteiger partial charge in [0.2, 0.25) is 0 Å². The number of carbonyl (C=O) groups is 1. The molecule has 0 bridgehead atoms. The molecule has 0 aliphatic heterocycles. The summed E-state index contributed by atoms with van der Waals surface area (Å²) in [6, 6.07) is 20.0. The monoisotopic (exact) mass is 479 g/mol. The summed E-state index contributed by atoms with van der Waals surface area (Å²) in [6.07, 6.45) is 1.75. The Hall–Kier alpha value is -4.85. The number of aromatic nitrogens is 2. The Kier molecular flexibility index (Phi) is 5.07. The molecule has 8 nitrogen and oxygen atoms in total. The van der Waals surface area contributed by atoms with Gasteiger partial charge in [0.25, 0.3) is 11.5 Å². The van der Waals surface area contributed by atoms with Crippen molar-refractivity contribution < 1.29 is 19.0 Å². The van der Waals surface area contributed by atoms with E-state index >= 15 is 0 Å². The van der Waals surface area contributed by atoms with Crippen molar-refractivity contribution >= 4 is 49.7 Å². The smallest absolute Gasteiger partial charge is 0.263 e. The number of fused-ring (bicyclic) bond motifs is 5. The molecule has 1 amide bonds. The second-order valence-corrected chi connectivity index (χ2v) is 8.32. The lowest BCUT2D eigenvalue weighted by molar-refractivity contribution is -0.118. The summed E-state index contributed by atoms with van der Waals surface area (Å²) in [7, 11) is 3.08. The molecule has 0 radical (unpaired) electrons. The number of carbonyl (C=O) groups excluding carboxylic acids is 1. The molecule has 36 heavy (non-hydrogen) atoms. The van der Waals surface area contributed by atoms with Gasteiger partial charge in [0.15, 0.2) is 6.61 Å². The molecule has 0 fully saturated rings. The number of hydrogen-bond donors (Lipinski definition) is 1. The molecule has 6 rings (SSSR count). The molecule has 178 valence electrons. The van der Waals surface area contributed by atoms with E-state index in [9.17, 15) is 9.59 Å². The van der Waals surface area contributed by atoms with Crippen LogP contribution in [0.1, 0.15) is 0 Å². The molecule has 3 aromatic heterocycles. The van der Waals surface area contributed by atoms with E-state index in [0.717, 1.165) is 32.7 Å². The van der Waals surface area contributed by atoms with Crippen LogP contribution in [0, 0.1) is 0 Å². The number of methoxy groups -OCH3 is 2. The molecular formula is C28H21N3O5. The molecular weight excluding hydrogens is 458 g/mol. The number of benzene rings is 3. The molecule has 0 aliphatic rings. The zero-order valence-corrected chi connectivity index (χ0v) is 19.6. The molecule has 3 heterocycles. The van der Waals surface area contributed by atoms with Crippen LogP contribution in [0.5, 0.6) is 17.2 Å². The van der Waals surface area contributed by atoms with Crippen LogP contribution in [0.3, 0.4) is 0 Å². The first-order valence-electron chi connectivity index (χ1n) is 11.3. The van der Waals surface area contributed by atoms with Crippen molar-refractivity contribution in [3.05, 3.63) is 83.3 Å². The van der Waals surface area contributed by atoms with Crippen molar-refractivity contribution in [1.82, 2.24) is 9.38 Å². The average Bonchev–Trinajstić information content (AvgIpc) is 3.25. The molecule has 0 aliphatic carbocycles. The van der Waals surface area contributed by atoms with Crippen LogP contribution in [-0.2, 0) is 4.79 Å². The van der Waals surface area contributed by atoms with Gasteiger partial charge < -0.3 is 19.5 Å². The van der Waals surface area contributed by atoms with Gasteiger partial charge in [-0.2, -0.15) is 0 Å². The number of pyridine rings is 2. The lowest BCUT2D eigenvalue weighted by Gasteiger charge is -2.12. The van der Waals surface area contributed by atoms with Crippen molar-refractivity contribution in [2.24, 2.45) is 0 Å². The lowest BCUT2D eigenvalue weighted by atomic mass is 10.1. The third-order valence-electron chi connectivity index (χ3n) is 6.32. The molecule has 0 saturated heterocycles. The van der Waals surface area contributed by atoms with Crippen LogP contribution in [0.2, 0.25) is 0 Å². The van der Waals surface area contributed by atoms with E-state index in [2.05, 4.69) is 10.3 Å². The maximum Gasteiger partial charge on any atom is 0.263 e. The zero-order valence-electron chi connectivity index (χ0n) is 19.6. The van der Waals surface area contributed by atoms with E-state index in [-0.39, 0.29) is 18.1 Å². The van der Waals surface area contributed by atoms with Crippen molar-refractivity contribution in [2.45, 2.75) is 0 Å². The number of amides is 1. The summed E-state index contributed by atoms with van der Waals surface area (Å²) < 4.78 is 18.0. The quantitative estimate of drug-likeness (QED) is 0.351. The van der Waals surface area contributed by atoms with Gasteiger partial charge >= 0.3 is 0 Å². The number of hydrogen-bond acceptors (Lipinski definition) is 6. The Morgan fingerprint density at radius 2 is 1.69 bits per heavy atom. The largest absolute Gasteiger partial charge is 0.497 e. The minimum absolute atomic E-state index is 0.0902. The topological polar surface area (TPSA) is 91.2 Å². The van der Waals surface area contributed by atoms with Gasteiger partial charge in [-0.25, -0.2) is 0 Å². The van der Waals surface area contributed by atoms with Gasteiger partial charge in [0, 0.05) is 33.8 Å². The van der Waals surface area contributed by atoms with Crippen molar-refractivity contribution in [2.75, 3.05) is 26.1 Å². The summed E-state index contributed by atoms with van der Waals surface area (Å²) in [6.45, 7) is -0.198. The zero-order chi connectivity index (χ0) is 24.8. The molecule has 0 unspecified atom stereocenters. The Bertz CT molecular complexity index is 1840. The second-order valence-electron chi connectivity index (χ2n) is 8.32. The van der Waals surface area contributed by atoms with E-state index in [1.165, 1.54) is 7.11 Å². The highest BCUT2D eigenvalue weighted by Gasteiger charge is 2.18. The standard InChI is InChI=1S/C28H21N3O5/c1-34-16-7-9-22(24(14-16)35-2)30-25(32)15-36-17-8-10-23-21(13-17)19-11-12-29-26-18-5-3-4-6-20(18)28(33)31(23)27(19)26/h3-14H,15H2,1-2H3,(H,30,32). The molecule has 0 saturated carbocycles. The van der Waals surface area contributed by atoms with Crippen LogP contribution in [0.4, 0.5) is 5.69 Å². The normalized spacial score (nSPS) is 11.4. The van der Waals surface area contributed by atoms with Gasteiger partial charge in [-0.3, -0.25) is 19.0 Å². The fourth-order valence-electron chi connectivity index (χ4n) is 4.68. The lowest BCUT2D eigenvalue weighted by Crippen LogP contribution is -2.20. The average molecular weight is 479 g/mol. The van der Waals surface area contributed by atoms with Gasteiger partial charge in [-0.15, -0.1) is 0 Å². The summed E-state index contributed by atoms with van der Waals surface area (Å²) in [5.41, 5.74) is 2.74. The predicted octanol–water partition coefficient (Wildman–Crippen LogP) is 4.63. The van der Waals surface area contributed by atoms with Crippen LogP contribution in [0.15, 0.2) is 77.7 Å². The van der Waals surface area contributed by atoms with Crippen LogP contribution >= 0.6 is 0 Å². The first kappa shape index (κ1) is 21.7. The van der Waals surface area contributed by atoms with Gasteiger partial charge in [-0.1, -0.05) is 18.2 Å². The first-order chi connectivity index (χ1) is 17.6. The molecule has 8 heteroatoms. The number of rotatable bonds is 6. The van der Waals surface area contributed by atoms with E-state index < -0.39 is 0 Å². The summed E-state index contributed by atoms with van der Waals surface area (Å²) in [4.78, 5) is 30.5. The van der Waals surface area contributed by atoms with Crippen molar-refractivity contribution in [3.63, 3.8) is 0 Å². The van der Waals surface area contributed by atoms with Gasteiger partial charge in [0.1, 0.15) is 17.2 Å². The van der Waals surface area contributed by atoms with Crippen molar-refractivity contribution in [3.8, 4) is 17.2 Å². The van der Waals surface area contributed by atoms with E-state index in [1.54, 1.807) is 42.0 Å².